The van der Waals surface area contributed by atoms with E-state index in [-0.39, 0.29) is 6.61 Å². The molecule has 0 spiro atoms. The second-order valence-corrected chi connectivity index (χ2v) is 6.60. The summed E-state index contributed by atoms with van der Waals surface area (Å²) >= 11 is 0. The Hall–Kier alpha value is -0.950. The van der Waals surface area contributed by atoms with E-state index in [0.29, 0.717) is 0 Å². The molecule has 22 heavy (non-hydrogen) atoms. The SMILES string of the molecule is Cn1cncc1CN1CCC(N2CCN(CCO)CC2)CC1. The lowest BCUT2D eigenvalue weighted by Crippen LogP contribution is -2.53. The Morgan fingerprint density at radius 2 is 1.82 bits per heavy atom. The van der Waals surface area contributed by atoms with Gasteiger partial charge in [0, 0.05) is 71.6 Å². The molecule has 2 fully saturated rings. The number of piperazine rings is 1. The molecule has 0 aliphatic carbocycles. The number of piperidine rings is 1. The van der Waals surface area contributed by atoms with Crippen LogP contribution in [-0.4, -0.2) is 87.8 Å². The molecule has 2 aliphatic heterocycles. The van der Waals surface area contributed by atoms with E-state index in [2.05, 4.69) is 31.3 Å². The normalized spacial score (nSPS) is 23.2. The Labute approximate surface area is 133 Å². The number of aryl methyl sites for hydroxylation is 1. The third-order valence-corrected chi connectivity index (χ3v) is 5.20. The summed E-state index contributed by atoms with van der Waals surface area (Å²) in [6.45, 7) is 9.04. The van der Waals surface area contributed by atoms with Crippen molar-refractivity contribution in [3.63, 3.8) is 0 Å². The summed E-state index contributed by atoms with van der Waals surface area (Å²) in [5.74, 6) is 0. The molecule has 0 saturated carbocycles. The fraction of sp³-hybridized carbons (Fsp3) is 0.812. The third-order valence-electron chi connectivity index (χ3n) is 5.20. The highest BCUT2D eigenvalue weighted by atomic mass is 16.3. The summed E-state index contributed by atoms with van der Waals surface area (Å²) in [4.78, 5) is 11.8. The highest BCUT2D eigenvalue weighted by molar-refractivity contribution is 4.98. The Morgan fingerprint density at radius 1 is 1.09 bits per heavy atom. The molecule has 0 aromatic carbocycles. The van der Waals surface area contributed by atoms with Crippen molar-refractivity contribution in [1.82, 2.24) is 24.3 Å². The number of imidazole rings is 1. The molecule has 124 valence electrons. The molecule has 3 rings (SSSR count). The molecule has 0 radical (unpaired) electrons. The number of nitrogens with zero attached hydrogens (tertiary/aromatic N) is 5. The number of β-amino-alcohol motifs (C(OH)–C–C–N with tert-alkyl or cyclic N) is 1. The molecule has 3 heterocycles. The highest BCUT2D eigenvalue weighted by Crippen LogP contribution is 2.19. The molecular weight excluding hydrogens is 278 g/mol. The minimum absolute atomic E-state index is 0.284. The van der Waals surface area contributed by atoms with Gasteiger partial charge in [0.05, 0.1) is 18.6 Å². The van der Waals surface area contributed by atoms with Crippen molar-refractivity contribution in [3.05, 3.63) is 18.2 Å². The van der Waals surface area contributed by atoms with Crippen LogP contribution in [-0.2, 0) is 13.6 Å². The summed E-state index contributed by atoms with van der Waals surface area (Å²) in [5, 5.41) is 9.02. The maximum Gasteiger partial charge on any atom is 0.0945 e. The van der Waals surface area contributed by atoms with Crippen LogP contribution in [0, 0.1) is 0 Å². The molecule has 1 N–H and O–H groups in total. The third kappa shape index (κ3) is 3.87. The molecule has 2 saturated heterocycles. The van der Waals surface area contributed by atoms with E-state index < -0.39 is 0 Å². The standard InChI is InChI=1S/C16H29N5O/c1-18-14-17-12-16(18)13-20-4-2-15(3-5-20)21-8-6-19(7-9-21)10-11-22/h12,14-15,22H,2-11,13H2,1H3. The lowest BCUT2D eigenvalue weighted by Gasteiger charge is -2.42. The van der Waals surface area contributed by atoms with Crippen LogP contribution in [0.25, 0.3) is 0 Å². The van der Waals surface area contributed by atoms with Gasteiger partial charge in [-0.25, -0.2) is 4.98 Å². The van der Waals surface area contributed by atoms with Crippen LogP contribution < -0.4 is 0 Å². The van der Waals surface area contributed by atoms with E-state index in [1.54, 1.807) is 0 Å². The average Bonchev–Trinajstić information content (AvgIpc) is 2.94. The van der Waals surface area contributed by atoms with Crippen LogP contribution in [0.2, 0.25) is 0 Å². The van der Waals surface area contributed by atoms with Gasteiger partial charge in [-0.2, -0.15) is 0 Å². The van der Waals surface area contributed by atoms with E-state index in [1.807, 2.05) is 12.5 Å². The Bertz CT molecular complexity index is 447. The van der Waals surface area contributed by atoms with Crippen molar-refractivity contribution in [3.8, 4) is 0 Å². The van der Waals surface area contributed by atoms with Crippen LogP contribution in [0.5, 0.6) is 0 Å². The molecule has 1 aromatic rings. The fourth-order valence-corrected chi connectivity index (χ4v) is 3.70. The molecule has 6 nitrogen and oxygen atoms in total. The number of aliphatic hydroxyl groups excluding tert-OH is 1. The van der Waals surface area contributed by atoms with Gasteiger partial charge in [-0.05, 0) is 12.8 Å². The summed E-state index contributed by atoms with van der Waals surface area (Å²) in [6, 6.07) is 0.749. The Balaban J connectivity index is 1.41. The maximum atomic E-state index is 9.02. The molecule has 1 aromatic heterocycles. The van der Waals surface area contributed by atoms with Gasteiger partial charge < -0.3 is 9.67 Å². The quantitative estimate of drug-likeness (QED) is 0.829. The van der Waals surface area contributed by atoms with Crippen molar-refractivity contribution < 1.29 is 5.11 Å². The molecule has 0 unspecified atom stereocenters. The second kappa shape index (κ2) is 7.55. The highest BCUT2D eigenvalue weighted by Gasteiger charge is 2.27. The summed E-state index contributed by atoms with van der Waals surface area (Å²) in [5.41, 5.74) is 1.30. The zero-order valence-electron chi connectivity index (χ0n) is 13.7. The number of likely N-dealkylation sites (tertiary alicyclic amines) is 1. The Morgan fingerprint density at radius 3 is 2.41 bits per heavy atom. The summed E-state index contributed by atoms with van der Waals surface area (Å²) < 4.78 is 2.12. The number of aromatic nitrogens is 2. The van der Waals surface area contributed by atoms with Gasteiger partial charge in [-0.3, -0.25) is 14.7 Å². The van der Waals surface area contributed by atoms with E-state index in [1.165, 1.54) is 31.6 Å². The first-order valence-corrected chi connectivity index (χ1v) is 8.51. The van der Waals surface area contributed by atoms with Crippen molar-refractivity contribution >= 4 is 0 Å². The fourth-order valence-electron chi connectivity index (χ4n) is 3.70. The van der Waals surface area contributed by atoms with Crippen LogP contribution in [0.1, 0.15) is 18.5 Å². The van der Waals surface area contributed by atoms with Crippen molar-refractivity contribution in [2.24, 2.45) is 7.05 Å². The first-order valence-electron chi connectivity index (χ1n) is 8.51. The van der Waals surface area contributed by atoms with Crippen LogP contribution >= 0.6 is 0 Å². The van der Waals surface area contributed by atoms with E-state index in [0.717, 1.165) is 45.3 Å². The van der Waals surface area contributed by atoms with Crippen molar-refractivity contribution in [2.75, 3.05) is 52.4 Å². The number of aliphatic hydroxyl groups is 1. The minimum Gasteiger partial charge on any atom is -0.395 e. The van der Waals surface area contributed by atoms with Gasteiger partial charge in [0.15, 0.2) is 0 Å². The van der Waals surface area contributed by atoms with E-state index in [9.17, 15) is 0 Å². The smallest absolute Gasteiger partial charge is 0.0945 e. The van der Waals surface area contributed by atoms with Gasteiger partial charge in [0.1, 0.15) is 0 Å². The lowest BCUT2D eigenvalue weighted by atomic mass is 10.0. The largest absolute Gasteiger partial charge is 0.395 e. The molecule has 0 bridgehead atoms. The monoisotopic (exact) mass is 307 g/mol. The lowest BCUT2D eigenvalue weighted by molar-refractivity contribution is 0.0513. The van der Waals surface area contributed by atoms with Crippen LogP contribution in [0.4, 0.5) is 0 Å². The van der Waals surface area contributed by atoms with Crippen LogP contribution in [0.15, 0.2) is 12.5 Å². The van der Waals surface area contributed by atoms with Crippen molar-refractivity contribution in [2.45, 2.75) is 25.4 Å². The second-order valence-electron chi connectivity index (χ2n) is 6.60. The zero-order valence-corrected chi connectivity index (χ0v) is 13.7. The first-order chi connectivity index (χ1) is 10.8. The average molecular weight is 307 g/mol. The van der Waals surface area contributed by atoms with Crippen molar-refractivity contribution in [1.29, 1.82) is 0 Å². The zero-order chi connectivity index (χ0) is 15.4. The molecular formula is C16H29N5O. The summed E-state index contributed by atoms with van der Waals surface area (Å²) in [7, 11) is 2.07. The number of hydrogen-bond acceptors (Lipinski definition) is 5. The Kier molecular flexibility index (Phi) is 5.46. The van der Waals surface area contributed by atoms with Gasteiger partial charge in [-0.1, -0.05) is 0 Å². The number of hydrogen-bond donors (Lipinski definition) is 1. The molecule has 0 amide bonds. The van der Waals surface area contributed by atoms with Gasteiger partial charge >= 0.3 is 0 Å². The van der Waals surface area contributed by atoms with E-state index in [4.69, 9.17) is 5.11 Å². The van der Waals surface area contributed by atoms with Gasteiger partial charge in [0.25, 0.3) is 0 Å². The molecule has 6 heteroatoms. The number of rotatable bonds is 5. The van der Waals surface area contributed by atoms with Gasteiger partial charge in [-0.15, -0.1) is 0 Å². The molecule has 2 aliphatic rings. The predicted molar refractivity (Wildman–Crippen MR) is 86.6 cm³/mol. The van der Waals surface area contributed by atoms with Gasteiger partial charge in [0.2, 0.25) is 0 Å². The maximum absolute atomic E-state index is 9.02. The topological polar surface area (TPSA) is 47.8 Å². The summed E-state index contributed by atoms with van der Waals surface area (Å²) in [6.07, 6.45) is 6.41. The minimum atomic E-state index is 0.284. The molecule has 0 atom stereocenters. The van der Waals surface area contributed by atoms with E-state index >= 15 is 0 Å². The predicted octanol–water partition coefficient (Wildman–Crippen LogP) is -0.00560. The first kappa shape index (κ1) is 15.9. The van der Waals surface area contributed by atoms with Crippen LogP contribution in [0.3, 0.4) is 0 Å².